The number of nitrogens with zero attached hydrogens (tertiary/aromatic N) is 1. The maximum Gasteiger partial charge on any atom is 0.278 e. The van der Waals surface area contributed by atoms with Crippen molar-refractivity contribution in [3.8, 4) is 11.5 Å². The maximum absolute atomic E-state index is 13.2. The molecule has 2 aliphatic heterocycles. The molecular formula is C23H23ClN2O5. The maximum atomic E-state index is 13.2. The molecule has 0 atom stereocenters. The number of rotatable bonds is 8. The van der Waals surface area contributed by atoms with Gasteiger partial charge < -0.3 is 19.5 Å². The van der Waals surface area contributed by atoms with E-state index in [1.54, 1.807) is 42.5 Å². The molecule has 0 aromatic heterocycles. The van der Waals surface area contributed by atoms with Crippen molar-refractivity contribution in [1.82, 2.24) is 4.90 Å². The summed E-state index contributed by atoms with van der Waals surface area (Å²) in [5.41, 5.74) is 1.78. The molecule has 2 aromatic rings. The summed E-state index contributed by atoms with van der Waals surface area (Å²) in [5, 5.41) is 3.69. The number of carbonyl (C=O) groups is 2. The normalized spacial score (nSPS) is 15.6. The number of ether oxygens (including phenoxy) is 3. The molecule has 2 aromatic carbocycles. The number of fused-ring (bicyclic) bond motifs is 1. The fourth-order valence-corrected chi connectivity index (χ4v) is 3.64. The van der Waals surface area contributed by atoms with Crippen LogP contribution in [0.25, 0.3) is 5.57 Å². The number of imide groups is 1. The van der Waals surface area contributed by atoms with Gasteiger partial charge in [0, 0.05) is 36.5 Å². The largest absolute Gasteiger partial charge is 0.486 e. The number of benzene rings is 2. The van der Waals surface area contributed by atoms with Gasteiger partial charge in [-0.3, -0.25) is 14.5 Å². The number of hydrogen-bond acceptors (Lipinski definition) is 6. The summed E-state index contributed by atoms with van der Waals surface area (Å²) in [6, 6.07) is 12.2. The Morgan fingerprint density at radius 3 is 2.52 bits per heavy atom. The number of amides is 2. The monoisotopic (exact) mass is 442 g/mol. The Labute approximate surface area is 185 Å². The van der Waals surface area contributed by atoms with Crippen molar-refractivity contribution >= 4 is 34.7 Å². The Balaban J connectivity index is 1.65. The van der Waals surface area contributed by atoms with E-state index >= 15 is 0 Å². The molecule has 1 N–H and O–H groups in total. The molecule has 2 amide bonds. The first-order valence-corrected chi connectivity index (χ1v) is 10.6. The van der Waals surface area contributed by atoms with Gasteiger partial charge in [0.05, 0.1) is 5.57 Å². The summed E-state index contributed by atoms with van der Waals surface area (Å²) in [6.07, 6.45) is 0.566. The molecule has 0 fully saturated rings. The average Bonchev–Trinajstić information content (AvgIpc) is 3.01. The van der Waals surface area contributed by atoms with Gasteiger partial charge in [0.2, 0.25) is 0 Å². The van der Waals surface area contributed by atoms with E-state index in [2.05, 4.69) is 5.32 Å². The first kappa shape index (κ1) is 21.2. The van der Waals surface area contributed by atoms with Crippen LogP contribution in [0.15, 0.2) is 48.2 Å². The third-order valence-corrected chi connectivity index (χ3v) is 5.24. The molecule has 8 heteroatoms. The molecule has 162 valence electrons. The van der Waals surface area contributed by atoms with Crippen molar-refractivity contribution in [2.24, 2.45) is 0 Å². The molecule has 0 unspecified atom stereocenters. The Bertz CT molecular complexity index is 1020. The minimum atomic E-state index is -0.374. The van der Waals surface area contributed by atoms with Crippen molar-refractivity contribution in [3.63, 3.8) is 0 Å². The van der Waals surface area contributed by atoms with E-state index in [9.17, 15) is 9.59 Å². The first-order valence-electron chi connectivity index (χ1n) is 10.2. The highest BCUT2D eigenvalue weighted by Crippen LogP contribution is 2.35. The topological polar surface area (TPSA) is 77.1 Å². The standard InChI is InChI=1S/C23H23ClN2O5/c1-2-29-11-3-10-26-22(27)20(15-4-6-16(24)7-5-15)21(23(26)28)25-17-8-9-18-19(14-17)31-13-12-30-18/h4-9,14,25H,2-3,10-13H2,1H3. The molecule has 0 saturated heterocycles. The van der Waals surface area contributed by atoms with Crippen LogP contribution in [0.5, 0.6) is 11.5 Å². The third kappa shape index (κ3) is 4.52. The fraction of sp³-hybridized carbons (Fsp3) is 0.304. The van der Waals surface area contributed by atoms with Crippen LogP contribution in [0.1, 0.15) is 18.9 Å². The van der Waals surface area contributed by atoms with E-state index in [1.165, 1.54) is 4.90 Å². The molecular weight excluding hydrogens is 420 g/mol. The quantitative estimate of drug-likeness (QED) is 0.496. The number of nitrogens with one attached hydrogen (secondary N) is 1. The summed E-state index contributed by atoms with van der Waals surface area (Å²) in [5.74, 6) is 0.524. The fourth-order valence-electron chi connectivity index (χ4n) is 3.51. The molecule has 2 heterocycles. The zero-order valence-electron chi connectivity index (χ0n) is 17.2. The van der Waals surface area contributed by atoms with Crippen LogP contribution in [0.2, 0.25) is 5.02 Å². The summed E-state index contributed by atoms with van der Waals surface area (Å²) >= 11 is 6.01. The molecule has 4 rings (SSSR count). The van der Waals surface area contributed by atoms with Crippen LogP contribution in [0.4, 0.5) is 5.69 Å². The lowest BCUT2D eigenvalue weighted by Crippen LogP contribution is -2.34. The first-order chi connectivity index (χ1) is 15.1. The summed E-state index contributed by atoms with van der Waals surface area (Å²) in [7, 11) is 0. The number of anilines is 1. The zero-order valence-corrected chi connectivity index (χ0v) is 17.9. The van der Waals surface area contributed by atoms with Gasteiger partial charge in [0.1, 0.15) is 18.9 Å². The highest BCUT2D eigenvalue weighted by molar-refractivity contribution is 6.36. The van der Waals surface area contributed by atoms with E-state index < -0.39 is 0 Å². The van der Waals surface area contributed by atoms with Crippen LogP contribution in [-0.2, 0) is 14.3 Å². The molecule has 31 heavy (non-hydrogen) atoms. The van der Waals surface area contributed by atoms with Crippen LogP contribution in [0.3, 0.4) is 0 Å². The van der Waals surface area contributed by atoms with Crippen LogP contribution >= 0.6 is 11.6 Å². The summed E-state index contributed by atoms with van der Waals surface area (Å²) in [6.45, 7) is 4.21. The Morgan fingerprint density at radius 2 is 1.77 bits per heavy atom. The minimum absolute atomic E-state index is 0.223. The molecule has 0 aliphatic carbocycles. The highest BCUT2D eigenvalue weighted by Gasteiger charge is 2.39. The second kappa shape index (κ2) is 9.41. The van der Waals surface area contributed by atoms with E-state index in [0.29, 0.717) is 66.2 Å². The van der Waals surface area contributed by atoms with Gasteiger partial charge in [-0.2, -0.15) is 0 Å². The molecule has 2 aliphatic rings. The van der Waals surface area contributed by atoms with Crippen LogP contribution in [-0.4, -0.2) is 49.7 Å². The van der Waals surface area contributed by atoms with Gasteiger partial charge >= 0.3 is 0 Å². The lowest BCUT2D eigenvalue weighted by atomic mass is 10.0. The molecule has 0 spiro atoms. The van der Waals surface area contributed by atoms with Gasteiger partial charge in [-0.25, -0.2) is 0 Å². The molecule has 7 nitrogen and oxygen atoms in total. The molecule has 0 radical (unpaired) electrons. The Kier molecular flexibility index (Phi) is 6.44. The van der Waals surface area contributed by atoms with Gasteiger partial charge in [0.15, 0.2) is 11.5 Å². The van der Waals surface area contributed by atoms with Crippen LogP contribution in [0, 0.1) is 0 Å². The van der Waals surface area contributed by atoms with Crippen molar-refractivity contribution in [3.05, 3.63) is 58.7 Å². The number of hydrogen-bond donors (Lipinski definition) is 1. The van der Waals surface area contributed by atoms with Gasteiger partial charge in [0.25, 0.3) is 11.8 Å². The van der Waals surface area contributed by atoms with Crippen molar-refractivity contribution in [1.29, 1.82) is 0 Å². The average molecular weight is 443 g/mol. The van der Waals surface area contributed by atoms with Gasteiger partial charge in [-0.1, -0.05) is 23.7 Å². The van der Waals surface area contributed by atoms with Gasteiger partial charge in [-0.05, 0) is 43.2 Å². The van der Waals surface area contributed by atoms with Crippen molar-refractivity contribution in [2.75, 3.05) is 38.3 Å². The van der Waals surface area contributed by atoms with E-state index in [-0.39, 0.29) is 24.1 Å². The predicted molar refractivity (Wildman–Crippen MR) is 117 cm³/mol. The second-order valence-electron chi connectivity index (χ2n) is 7.05. The van der Waals surface area contributed by atoms with Crippen molar-refractivity contribution < 1.29 is 23.8 Å². The molecule has 0 bridgehead atoms. The van der Waals surface area contributed by atoms with Gasteiger partial charge in [-0.15, -0.1) is 0 Å². The predicted octanol–water partition coefficient (Wildman–Crippen LogP) is 3.73. The lowest BCUT2D eigenvalue weighted by molar-refractivity contribution is -0.137. The second-order valence-corrected chi connectivity index (χ2v) is 7.49. The Morgan fingerprint density at radius 1 is 1.03 bits per heavy atom. The molecule has 0 saturated carbocycles. The van der Waals surface area contributed by atoms with Crippen LogP contribution < -0.4 is 14.8 Å². The Hall–Kier alpha value is -3.03. The van der Waals surface area contributed by atoms with E-state index in [4.69, 9.17) is 25.8 Å². The minimum Gasteiger partial charge on any atom is -0.486 e. The number of carbonyl (C=O) groups excluding carboxylic acids is 2. The smallest absolute Gasteiger partial charge is 0.278 e. The SMILES string of the molecule is CCOCCCN1C(=O)C(Nc2ccc3c(c2)OCCO3)=C(c2ccc(Cl)cc2)C1=O. The lowest BCUT2D eigenvalue weighted by Gasteiger charge is -2.19. The third-order valence-electron chi connectivity index (χ3n) is 4.99. The van der Waals surface area contributed by atoms with E-state index in [1.807, 2.05) is 6.92 Å². The van der Waals surface area contributed by atoms with Crippen molar-refractivity contribution in [2.45, 2.75) is 13.3 Å². The number of halogens is 1. The summed E-state index contributed by atoms with van der Waals surface area (Å²) in [4.78, 5) is 27.6. The summed E-state index contributed by atoms with van der Waals surface area (Å²) < 4.78 is 16.5. The van der Waals surface area contributed by atoms with E-state index in [0.717, 1.165) is 0 Å². The highest BCUT2D eigenvalue weighted by atomic mass is 35.5. The zero-order chi connectivity index (χ0) is 21.8.